The molecular weight excluding hydrogens is 402 g/mol. The van der Waals surface area contributed by atoms with Gasteiger partial charge in [0.2, 0.25) is 0 Å². The zero-order valence-electron chi connectivity index (χ0n) is 19.9. The summed E-state index contributed by atoms with van der Waals surface area (Å²) in [6.45, 7) is 9.09. The molecule has 0 spiro atoms. The molecule has 0 bridgehead atoms. The minimum absolute atomic E-state index is 0.0405. The highest BCUT2D eigenvalue weighted by atomic mass is 16.5. The second-order valence-corrected chi connectivity index (χ2v) is 11.0. The van der Waals surface area contributed by atoms with Crippen molar-refractivity contribution in [3.63, 3.8) is 0 Å². The van der Waals surface area contributed by atoms with E-state index in [2.05, 4.69) is 39.8 Å². The second kappa shape index (κ2) is 8.09. The lowest BCUT2D eigenvalue weighted by atomic mass is 9.49. The number of ketones is 2. The van der Waals surface area contributed by atoms with E-state index in [1.807, 2.05) is 6.08 Å². The lowest BCUT2D eigenvalue weighted by Gasteiger charge is -2.54. The van der Waals surface area contributed by atoms with Crippen molar-refractivity contribution in [2.24, 2.45) is 39.7 Å². The van der Waals surface area contributed by atoms with Gasteiger partial charge in [-0.3, -0.25) is 14.4 Å². The molecule has 32 heavy (non-hydrogen) atoms. The molecule has 6 atom stereocenters. The van der Waals surface area contributed by atoms with Gasteiger partial charge in [-0.05, 0) is 80.9 Å². The Bertz CT molecular complexity index is 930. The zero-order chi connectivity index (χ0) is 23.3. The van der Waals surface area contributed by atoms with Crippen LogP contribution in [-0.2, 0) is 19.1 Å². The van der Waals surface area contributed by atoms with E-state index in [-0.39, 0.29) is 47.3 Å². The number of carbonyl (C=O) groups excluding carboxylic acids is 3. The SMILES string of the molecule is CC1CC2C3CCC4=CC(=O)C=CC4(C)C3=CCC2(C)[C@@]1(C)C(=O)COC(=O)CCCN. The number of ether oxygens (including phenoxy) is 1. The van der Waals surface area contributed by atoms with Crippen LogP contribution in [0.3, 0.4) is 0 Å². The molecule has 0 aromatic carbocycles. The van der Waals surface area contributed by atoms with Crippen molar-refractivity contribution in [2.45, 2.75) is 66.2 Å². The fraction of sp³-hybridized carbons (Fsp3) is 0.667. The Balaban J connectivity index is 1.60. The highest BCUT2D eigenvalue weighted by Crippen LogP contribution is 2.69. The van der Waals surface area contributed by atoms with Crippen molar-refractivity contribution < 1.29 is 19.1 Å². The molecular formula is C27H37NO4. The number of hydrogen-bond acceptors (Lipinski definition) is 5. The van der Waals surface area contributed by atoms with Crippen LogP contribution in [0.15, 0.2) is 35.5 Å². The van der Waals surface area contributed by atoms with Gasteiger partial charge < -0.3 is 10.5 Å². The van der Waals surface area contributed by atoms with Gasteiger partial charge in [0.15, 0.2) is 18.2 Å². The van der Waals surface area contributed by atoms with Crippen molar-refractivity contribution in [1.29, 1.82) is 0 Å². The lowest BCUT2D eigenvalue weighted by molar-refractivity contribution is -0.155. The summed E-state index contributed by atoms with van der Waals surface area (Å²) in [6, 6.07) is 0. The Morgan fingerprint density at radius 2 is 2.00 bits per heavy atom. The Hall–Kier alpha value is -2.01. The van der Waals surface area contributed by atoms with Crippen LogP contribution in [0.2, 0.25) is 0 Å². The maximum absolute atomic E-state index is 13.5. The van der Waals surface area contributed by atoms with Gasteiger partial charge in [-0.1, -0.05) is 44.1 Å². The zero-order valence-corrected chi connectivity index (χ0v) is 19.9. The molecule has 4 aliphatic rings. The van der Waals surface area contributed by atoms with Gasteiger partial charge in [-0.2, -0.15) is 0 Å². The monoisotopic (exact) mass is 439 g/mol. The van der Waals surface area contributed by atoms with Gasteiger partial charge in [0.1, 0.15) is 0 Å². The maximum Gasteiger partial charge on any atom is 0.306 e. The van der Waals surface area contributed by atoms with Gasteiger partial charge in [-0.15, -0.1) is 0 Å². The number of rotatable bonds is 6. The summed E-state index contributed by atoms with van der Waals surface area (Å²) >= 11 is 0. The highest BCUT2D eigenvalue weighted by Gasteiger charge is 2.65. The third-order valence-corrected chi connectivity index (χ3v) is 9.65. The first-order valence-corrected chi connectivity index (χ1v) is 12.1. The normalized spacial score (nSPS) is 40.0. The molecule has 4 aliphatic carbocycles. The molecule has 174 valence electrons. The quantitative estimate of drug-likeness (QED) is 0.492. The van der Waals surface area contributed by atoms with Gasteiger partial charge in [0, 0.05) is 17.3 Å². The third-order valence-electron chi connectivity index (χ3n) is 9.65. The summed E-state index contributed by atoms with van der Waals surface area (Å²) < 4.78 is 5.35. The molecule has 5 heteroatoms. The first kappa shape index (κ1) is 23.2. The van der Waals surface area contributed by atoms with E-state index in [1.165, 1.54) is 11.1 Å². The molecule has 0 heterocycles. The largest absolute Gasteiger partial charge is 0.458 e. The Kier molecular flexibility index (Phi) is 5.85. The Morgan fingerprint density at radius 1 is 1.25 bits per heavy atom. The van der Waals surface area contributed by atoms with Crippen molar-refractivity contribution in [3.8, 4) is 0 Å². The van der Waals surface area contributed by atoms with Crippen molar-refractivity contribution in [1.82, 2.24) is 0 Å². The topological polar surface area (TPSA) is 86.5 Å². The van der Waals surface area contributed by atoms with Crippen LogP contribution in [0.1, 0.15) is 66.2 Å². The molecule has 0 aromatic heterocycles. The fourth-order valence-corrected chi connectivity index (χ4v) is 7.30. The van der Waals surface area contributed by atoms with E-state index >= 15 is 0 Å². The van der Waals surface area contributed by atoms with Crippen LogP contribution in [0.4, 0.5) is 0 Å². The number of allylic oxidation sites excluding steroid dienone is 6. The molecule has 0 amide bonds. The maximum atomic E-state index is 13.5. The number of hydrogen-bond donors (Lipinski definition) is 1. The average molecular weight is 440 g/mol. The predicted molar refractivity (Wildman–Crippen MR) is 124 cm³/mol. The molecule has 2 saturated carbocycles. The van der Waals surface area contributed by atoms with Crippen LogP contribution >= 0.6 is 0 Å². The smallest absolute Gasteiger partial charge is 0.306 e. The summed E-state index contributed by atoms with van der Waals surface area (Å²) in [5.74, 6) is 0.823. The number of carbonyl (C=O) groups is 3. The Morgan fingerprint density at radius 3 is 2.72 bits per heavy atom. The summed E-state index contributed by atoms with van der Waals surface area (Å²) in [6.07, 6.45) is 12.6. The molecule has 5 unspecified atom stereocenters. The molecule has 0 saturated heterocycles. The molecule has 0 aliphatic heterocycles. The number of esters is 1. The molecule has 4 rings (SSSR count). The number of Topliss-reactive ketones (excluding diaryl/α,β-unsaturated/α-hetero) is 1. The van der Waals surface area contributed by atoms with Gasteiger partial charge in [-0.25, -0.2) is 0 Å². The van der Waals surface area contributed by atoms with E-state index in [1.54, 1.807) is 6.08 Å². The van der Waals surface area contributed by atoms with E-state index in [0.29, 0.717) is 24.8 Å². The standard InChI is InChI=1S/C27H37NO4/c1-17-14-22-20-8-7-18-15-19(29)9-11-25(18,2)21(20)10-12-26(22,3)27(17,4)23(30)16-32-24(31)6-5-13-28/h9-11,15,17,20,22H,5-8,12-14,16,28H2,1-4H3/t17?,20?,22?,25?,26?,27-/m1/s1. The predicted octanol–water partition coefficient (Wildman–Crippen LogP) is 4.32. The number of fused-ring (bicyclic) bond motifs is 5. The minimum atomic E-state index is -0.538. The third kappa shape index (κ3) is 3.27. The Labute approximate surface area is 191 Å². The summed E-state index contributed by atoms with van der Waals surface area (Å²) in [5.41, 5.74) is 7.23. The second-order valence-electron chi connectivity index (χ2n) is 11.0. The molecule has 0 radical (unpaired) electrons. The first-order chi connectivity index (χ1) is 15.1. The molecule has 2 fully saturated rings. The summed E-state index contributed by atoms with van der Waals surface area (Å²) in [5, 5.41) is 0. The van der Waals surface area contributed by atoms with Gasteiger partial charge in [0.25, 0.3) is 0 Å². The van der Waals surface area contributed by atoms with E-state index < -0.39 is 5.41 Å². The molecule has 2 N–H and O–H groups in total. The van der Waals surface area contributed by atoms with Crippen LogP contribution < -0.4 is 5.73 Å². The van der Waals surface area contributed by atoms with Gasteiger partial charge in [0.05, 0.1) is 0 Å². The summed E-state index contributed by atoms with van der Waals surface area (Å²) in [4.78, 5) is 37.5. The van der Waals surface area contributed by atoms with Crippen LogP contribution in [0, 0.1) is 34.0 Å². The van der Waals surface area contributed by atoms with Crippen LogP contribution in [-0.4, -0.2) is 30.7 Å². The fourth-order valence-electron chi connectivity index (χ4n) is 7.30. The minimum Gasteiger partial charge on any atom is -0.458 e. The molecule has 0 aromatic rings. The van der Waals surface area contributed by atoms with Crippen molar-refractivity contribution in [2.75, 3.05) is 13.2 Å². The van der Waals surface area contributed by atoms with Gasteiger partial charge >= 0.3 is 5.97 Å². The van der Waals surface area contributed by atoms with E-state index in [0.717, 1.165) is 25.7 Å². The van der Waals surface area contributed by atoms with Crippen LogP contribution in [0.5, 0.6) is 0 Å². The van der Waals surface area contributed by atoms with Crippen molar-refractivity contribution >= 4 is 17.5 Å². The average Bonchev–Trinajstić information content (AvgIpc) is 2.98. The van der Waals surface area contributed by atoms with E-state index in [9.17, 15) is 14.4 Å². The van der Waals surface area contributed by atoms with E-state index in [4.69, 9.17) is 10.5 Å². The van der Waals surface area contributed by atoms with Crippen molar-refractivity contribution in [3.05, 3.63) is 35.5 Å². The highest BCUT2D eigenvalue weighted by molar-refractivity contribution is 6.01. The number of nitrogens with two attached hydrogens (primary N) is 1. The lowest BCUT2D eigenvalue weighted by Crippen LogP contribution is -2.51. The molecule has 5 nitrogen and oxygen atoms in total. The summed E-state index contributed by atoms with van der Waals surface area (Å²) in [7, 11) is 0. The first-order valence-electron chi connectivity index (χ1n) is 12.1. The van der Waals surface area contributed by atoms with Crippen LogP contribution in [0.25, 0.3) is 0 Å².